The fourth-order valence-electron chi connectivity index (χ4n) is 0.917. The largest absolute Gasteiger partial charge is 0.404 e. The lowest BCUT2D eigenvalue weighted by Gasteiger charge is -2.13. The molecule has 0 aromatic rings. The van der Waals surface area contributed by atoms with Crippen LogP contribution in [-0.4, -0.2) is 25.9 Å². The van der Waals surface area contributed by atoms with E-state index in [0.717, 1.165) is 0 Å². The fourth-order valence-corrected chi connectivity index (χ4v) is 2.37. The highest BCUT2D eigenvalue weighted by Gasteiger charge is 2.44. The van der Waals surface area contributed by atoms with Crippen LogP contribution in [0, 0.1) is 0 Å². The summed E-state index contributed by atoms with van der Waals surface area (Å²) in [4.78, 5) is 0. The summed E-state index contributed by atoms with van der Waals surface area (Å²) < 4.78 is 58.9. The van der Waals surface area contributed by atoms with Gasteiger partial charge in [-0.25, -0.2) is 13.1 Å². The van der Waals surface area contributed by atoms with Gasteiger partial charge < -0.3 is 0 Å². The summed E-state index contributed by atoms with van der Waals surface area (Å²) in [6, 6.07) is 0. The molecule has 1 rings (SSSR count). The standard InChI is InChI=1S/C6H10F3NO2S/c1-5(2-3-5)10-13(11,12)4-6(7,8)9/h10H,2-4H2,1H3. The molecule has 0 unspecified atom stereocenters. The van der Waals surface area contributed by atoms with Crippen LogP contribution in [-0.2, 0) is 10.0 Å². The second-order valence-corrected chi connectivity index (χ2v) is 5.26. The lowest BCUT2D eigenvalue weighted by atomic mass is 10.4. The van der Waals surface area contributed by atoms with Crippen molar-refractivity contribution in [2.75, 3.05) is 5.75 Å². The van der Waals surface area contributed by atoms with Crippen molar-refractivity contribution >= 4 is 10.0 Å². The van der Waals surface area contributed by atoms with Crippen LogP contribution in [0.25, 0.3) is 0 Å². The van der Waals surface area contributed by atoms with Crippen molar-refractivity contribution in [3.05, 3.63) is 0 Å². The van der Waals surface area contributed by atoms with Gasteiger partial charge in [0.15, 0.2) is 5.75 Å². The molecule has 0 spiro atoms. The summed E-state index contributed by atoms with van der Waals surface area (Å²) in [6.07, 6.45) is -3.47. The molecule has 0 heterocycles. The van der Waals surface area contributed by atoms with Gasteiger partial charge in [-0.3, -0.25) is 0 Å². The van der Waals surface area contributed by atoms with E-state index in [9.17, 15) is 21.6 Å². The van der Waals surface area contributed by atoms with Crippen LogP contribution in [0.1, 0.15) is 19.8 Å². The molecule has 0 bridgehead atoms. The molecule has 0 aromatic carbocycles. The van der Waals surface area contributed by atoms with E-state index in [4.69, 9.17) is 0 Å². The molecule has 78 valence electrons. The van der Waals surface area contributed by atoms with Crippen molar-refractivity contribution in [1.82, 2.24) is 4.72 Å². The summed E-state index contributed by atoms with van der Waals surface area (Å²) in [5.74, 6) is -1.80. The Morgan fingerprint density at radius 3 is 2.15 bits per heavy atom. The molecule has 3 nitrogen and oxygen atoms in total. The summed E-state index contributed by atoms with van der Waals surface area (Å²) in [5.41, 5.74) is -0.635. The predicted molar refractivity (Wildman–Crippen MR) is 40.6 cm³/mol. The van der Waals surface area contributed by atoms with Gasteiger partial charge in [-0.15, -0.1) is 0 Å². The van der Waals surface area contributed by atoms with E-state index in [1.165, 1.54) is 0 Å². The lowest BCUT2D eigenvalue weighted by Crippen LogP contribution is -2.39. The zero-order valence-corrected chi connectivity index (χ0v) is 7.80. The molecule has 0 radical (unpaired) electrons. The summed E-state index contributed by atoms with van der Waals surface area (Å²) in [5, 5.41) is 0. The first-order valence-electron chi connectivity index (χ1n) is 3.70. The smallest absolute Gasteiger partial charge is 0.212 e. The zero-order valence-electron chi connectivity index (χ0n) is 6.98. The Morgan fingerprint density at radius 2 is 1.85 bits per heavy atom. The molecule has 0 aromatic heterocycles. The van der Waals surface area contributed by atoms with Crippen LogP contribution < -0.4 is 4.72 Å². The molecule has 1 saturated carbocycles. The van der Waals surface area contributed by atoms with Crippen LogP contribution in [0.15, 0.2) is 0 Å². The van der Waals surface area contributed by atoms with E-state index >= 15 is 0 Å². The van der Waals surface area contributed by atoms with Crippen molar-refractivity contribution in [3.63, 3.8) is 0 Å². The van der Waals surface area contributed by atoms with Gasteiger partial charge in [0.2, 0.25) is 10.0 Å². The normalized spacial score (nSPS) is 21.5. The average Bonchev–Trinajstić information content (AvgIpc) is 2.36. The Kier molecular flexibility index (Phi) is 2.36. The average molecular weight is 217 g/mol. The highest BCUT2D eigenvalue weighted by atomic mass is 32.2. The quantitative estimate of drug-likeness (QED) is 0.767. The molecule has 1 N–H and O–H groups in total. The van der Waals surface area contributed by atoms with Crippen LogP contribution in [0.4, 0.5) is 13.2 Å². The molecule has 1 aliphatic rings. The number of sulfonamides is 1. The molecule has 1 aliphatic carbocycles. The van der Waals surface area contributed by atoms with Gasteiger partial charge in [-0.05, 0) is 19.8 Å². The van der Waals surface area contributed by atoms with E-state index in [-0.39, 0.29) is 0 Å². The molecular weight excluding hydrogens is 207 g/mol. The Balaban J connectivity index is 2.57. The van der Waals surface area contributed by atoms with E-state index in [0.29, 0.717) is 12.8 Å². The van der Waals surface area contributed by atoms with Crippen LogP contribution in [0.5, 0.6) is 0 Å². The Hall–Kier alpha value is -0.300. The van der Waals surface area contributed by atoms with E-state index in [1.54, 1.807) is 6.92 Å². The Labute approximate surface area is 74.4 Å². The first-order chi connectivity index (χ1) is 5.62. The van der Waals surface area contributed by atoms with E-state index in [1.807, 2.05) is 4.72 Å². The van der Waals surface area contributed by atoms with Gasteiger partial charge in [0.05, 0.1) is 0 Å². The molecule has 0 aliphatic heterocycles. The van der Waals surface area contributed by atoms with Gasteiger partial charge in [0, 0.05) is 5.54 Å². The predicted octanol–water partition coefficient (Wildman–Crippen LogP) is 1.02. The summed E-state index contributed by atoms with van der Waals surface area (Å²) >= 11 is 0. The molecule has 7 heteroatoms. The molecule has 13 heavy (non-hydrogen) atoms. The Bertz CT molecular complexity index is 278. The number of rotatable bonds is 3. The van der Waals surface area contributed by atoms with Crippen molar-refractivity contribution in [1.29, 1.82) is 0 Å². The third-order valence-electron chi connectivity index (χ3n) is 1.76. The monoisotopic (exact) mass is 217 g/mol. The minimum Gasteiger partial charge on any atom is -0.212 e. The first kappa shape index (κ1) is 10.8. The third-order valence-corrected chi connectivity index (χ3v) is 3.27. The van der Waals surface area contributed by atoms with Crippen LogP contribution in [0.3, 0.4) is 0 Å². The Morgan fingerprint density at radius 1 is 1.38 bits per heavy atom. The number of alkyl halides is 3. The van der Waals surface area contributed by atoms with Gasteiger partial charge in [0.25, 0.3) is 0 Å². The minimum atomic E-state index is -4.67. The van der Waals surface area contributed by atoms with Gasteiger partial charge in [-0.1, -0.05) is 0 Å². The maximum Gasteiger partial charge on any atom is 0.404 e. The first-order valence-corrected chi connectivity index (χ1v) is 5.36. The second kappa shape index (κ2) is 2.84. The topological polar surface area (TPSA) is 46.2 Å². The van der Waals surface area contributed by atoms with Crippen molar-refractivity contribution < 1.29 is 21.6 Å². The van der Waals surface area contributed by atoms with Crippen molar-refractivity contribution in [2.45, 2.75) is 31.5 Å². The molecule has 0 saturated heterocycles. The second-order valence-electron chi connectivity index (χ2n) is 3.54. The number of halogens is 3. The zero-order chi connectivity index (χ0) is 10.3. The highest BCUT2D eigenvalue weighted by molar-refractivity contribution is 7.89. The summed E-state index contributed by atoms with van der Waals surface area (Å²) in [7, 11) is -4.21. The van der Waals surface area contributed by atoms with E-state index < -0.39 is 27.5 Å². The number of hydrogen-bond acceptors (Lipinski definition) is 2. The molecule has 0 amide bonds. The molecular formula is C6H10F3NO2S. The summed E-state index contributed by atoms with van der Waals surface area (Å²) in [6.45, 7) is 1.58. The van der Waals surface area contributed by atoms with E-state index in [2.05, 4.69) is 0 Å². The van der Waals surface area contributed by atoms with Gasteiger partial charge in [-0.2, -0.15) is 13.2 Å². The fraction of sp³-hybridized carbons (Fsp3) is 1.00. The minimum absolute atomic E-state index is 0.601. The molecule has 0 atom stereocenters. The third kappa shape index (κ3) is 3.95. The van der Waals surface area contributed by atoms with Gasteiger partial charge in [0.1, 0.15) is 0 Å². The van der Waals surface area contributed by atoms with Crippen molar-refractivity contribution in [2.24, 2.45) is 0 Å². The van der Waals surface area contributed by atoms with Crippen LogP contribution >= 0.6 is 0 Å². The van der Waals surface area contributed by atoms with Crippen molar-refractivity contribution in [3.8, 4) is 0 Å². The number of nitrogens with one attached hydrogen (secondary N) is 1. The maximum absolute atomic E-state index is 11.7. The highest BCUT2D eigenvalue weighted by Crippen LogP contribution is 2.35. The van der Waals surface area contributed by atoms with Gasteiger partial charge >= 0.3 is 6.18 Å². The maximum atomic E-state index is 11.7. The molecule has 1 fully saturated rings. The van der Waals surface area contributed by atoms with Crippen LogP contribution in [0.2, 0.25) is 0 Å². The number of hydrogen-bond donors (Lipinski definition) is 1. The SMILES string of the molecule is CC1(NS(=O)(=O)CC(F)(F)F)CC1. The lowest BCUT2D eigenvalue weighted by molar-refractivity contribution is -0.106.